The van der Waals surface area contributed by atoms with Crippen molar-refractivity contribution in [3.63, 3.8) is 0 Å². The first-order chi connectivity index (χ1) is 13.9. The first kappa shape index (κ1) is 19.2. The fourth-order valence-corrected chi connectivity index (χ4v) is 3.80. The van der Waals surface area contributed by atoms with Crippen molar-refractivity contribution in [2.24, 2.45) is 0 Å². The summed E-state index contributed by atoms with van der Waals surface area (Å²) in [6.07, 6.45) is 1.25. The van der Waals surface area contributed by atoms with E-state index in [-0.39, 0.29) is 28.6 Å². The molecule has 2 aromatic carbocycles. The summed E-state index contributed by atoms with van der Waals surface area (Å²) in [5.74, 6) is -0.466. The average Bonchev–Trinajstić information content (AvgIpc) is 3.20. The third-order valence-corrected chi connectivity index (χ3v) is 5.69. The number of hydrogen-bond donors (Lipinski definition) is 0. The van der Waals surface area contributed by atoms with Crippen molar-refractivity contribution in [3.05, 3.63) is 66.1 Å². The van der Waals surface area contributed by atoms with Crippen molar-refractivity contribution in [2.75, 3.05) is 7.11 Å². The third kappa shape index (κ3) is 3.50. The number of rotatable bonds is 5. The summed E-state index contributed by atoms with van der Waals surface area (Å²) in [4.78, 5) is 16.6. The molecule has 0 saturated carbocycles. The maximum Gasteiger partial charge on any atom is 0.360 e. The second kappa shape index (κ2) is 7.34. The highest BCUT2D eigenvalue weighted by Crippen LogP contribution is 2.35. The van der Waals surface area contributed by atoms with Gasteiger partial charge < -0.3 is 9.47 Å². The molecule has 10 heteroatoms. The predicted molar refractivity (Wildman–Crippen MR) is 106 cm³/mol. The molecule has 0 bridgehead atoms. The molecule has 2 aromatic heterocycles. The van der Waals surface area contributed by atoms with E-state index in [0.717, 1.165) is 5.56 Å². The van der Waals surface area contributed by atoms with E-state index in [1.54, 1.807) is 0 Å². The number of carbonyl (C=O) groups excluding carboxylic acids is 1. The van der Waals surface area contributed by atoms with Crippen molar-refractivity contribution in [3.8, 4) is 5.75 Å². The van der Waals surface area contributed by atoms with Crippen molar-refractivity contribution in [1.29, 1.82) is 0 Å². The number of halogens is 1. The van der Waals surface area contributed by atoms with Crippen molar-refractivity contribution < 1.29 is 22.7 Å². The van der Waals surface area contributed by atoms with Crippen molar-refractivity contribution in [1.82, 2.24) is 14.6 Å². The SMILES string of the molecule is COC(=O)c1c(OCc2ccccc2)c2ccc(S(=O)(=O)Cl)cc2c2ncnn12. The highest BCUT2D eigenvalue weighted by Gasteiger charge is 2.25. The topological polar surface area (TPSA) is 99.9 Å². The van der Waals surface area contributed by atoms with E-state index in [1.807, 2.05) is 30.3 Å². The Morgan fingerprint density at radius 1 is 1.14 bits per heavy atom. The van der Waals surface area contributed by atoms with Crippen LogP contribution in [0, 0.1) is 0 Å². The monoisotopic (exact) mass is 431 g/mol. The zero-order valence-electron chi connectivity index (χ0n) is 15.1. The van der Waals surface area contributed by atoms with Gasteiger partial charge in [-0.2, -0.15) is 5.10 Å². The van der Waals surface area contributed by atoms with Gasteiger partial charge in [-0.1, -0.05) is 30.3 Å². The highest BCUT2D eigenvalue weighted by molar-refractivity contribution is 8.13. The van der Waals surface area contributed by atoms with Gasteiger partial charge in [-0.25, -0.2) is 22.7 Å². The molecule has 0 spiro atoms. The molecule has 0 radical (unpaired) electrons. The van der Waals surface area contributed by atoms with Gasteiger partial charge in [-0.05, 0) is 23.8 Å². The lowest BCUT2D eigenvalue weighted by atomic mass is 10.1. The first-order valence-corrected chi connectivity index (χ1v) is 10.7. The molecule has 0 fully saturated rings. The molecule has 0 N–H and O–H groups in total. The van der Waals surface area contributed by atoms with E-state index < -0.39 is 15.0 Å². The summed E-state index contributed by atoms with van der Waals surface area (Å²) in [6.45, 7) is 0.176. The van der Waals surface area contributed by atoms with Crippen molar-refractivity contribution >= 4 is 42.1 Å². The molecule has 0 aliphatic carbocycles. The van der Waals surface area contributed by atoms with Crippen LogP contribution in [-0.2, 0) is 20.4 Å². The molecule has 148 valence electrons. The fourth-order valence-electron chi connectivity index (χ4n) is 3.02. The Morgan fingerprint density at radius 2 is 1.90 bits per heavy atom. The van der Waals surface area contributed by atoms with E-state index in [9.17, 15) is 13.2 Å². The summed E-state index contributed by atoms with van der Waals surface area (Å²) in [7, 11) is 2.78. The molecule has 0 amide bonds. The Hall–Kier alpha value is -3.17. The van der Waals surface area contributed by atoms with Gasteiger partial charge in [-0.3, -0.25) is 0 Å². The number of methoxy groups -OCH3 is 1. The largest absolute Gasteiger partial charge is 0.486 e. The zero-order valence-corrected chi connectivity index (χ0v) is 16.6. The van der Waals surface area contributed by atoms with Crippen LogP contribution in [0.5, 0.6) is 5.75 Å². The van der Waals surface area contributed by atoms with Crippen LogP contribution in [-0.4, -0.2) is 36.1 Å². The number of benzene rings is 2. The van der Waals surface area contributed by atoms with Gasteiger partial charge in [0, 0.05) is 21.5 Å². The van der Waals surface area contributed by atoms with Gasteiger partial charge in [0.1, 0.15) is 12.9 Å². The lowest BCUT2D eigenvalue weighted by molar-refractivity contribution is 0.0585. The smallest absolute Gasteiger partial charge is 0.360 e. The van der Waals surface area contributed by atoms with Crippen molar-refractivity contribution in [2.45, 2.75) is 11.5 Å². The molecular formula is C19H14ClN3O5S. The molecule has 4 rings (SSSR count). The lowest BCUT2D eigenvalue weighted by Gasteiger charge is -2.15. The minimum atomic E-state index is -3.96. The Bertz CT molecular complexity index is 1340. The minimum Gasteiger partial charge on any atom is -0.486 e. The normalized spacial score (nSPS) is 11.7. The molecule has 2 heterocycles. The maximum atomic E-state index is 12.5. The van der Waals surface area contributed by atoms with E-state index in [2.05, 4.69) is 10.1 Å². The zero-order chi connectivity index (χ0) is 20.6. The number of ether oxygens (including phenoxy) is 2. The van der Waals surface area contributed by atoms with Crippen LogP contribution in [0.1, 0.15) is 16.1 Å². The Balaban J connectivity index is 1.99. The second-order valence-corrected chi connectivity index (χ2v) is 8.65. The van der Waals surface area contributed by atoms with Crippen LogP contribution in [0.2, 0.25) is 0 Å². The highest BCUT2D eigenvalue weighted by atomic mass is 35.7. The molecule has 8 nitrogen and oxygen atoms in total. The molecule has 0 unspecified atom stereocenters. The lowest BCUT2D eigenvalue weighted by Crippen LogP contribution is -2.13. The average molecular weight is 432 g/mol. The Morgan fingerprint density at radius 3 is 2.59 bits per heavy atom. The summed E-state index contributed by atoms with van der Waals surface area (Å²) in [6, 6.07) is 13.6. The van der Waals surface area contributed by atoms with Crippen LogP contribution in [0.3, 0.4) is 0 Å². The quantitative estimate of drug-likeness (QED) is 0.353. The first-order valence-electron chi connectivity index (χ1n) is 8.39. The Labute approximate surface area is 170 Å². The maximum absolute atomic E-state index is 12.5. The summed E-state index contributed by atoms with van der Waals surface area (Å²) >= 11 is 0. The number of fused-ring (bicyclic) bond motifs is 3. The van der Waals surface area contributed by atoms with Gasteiger partial charge in [0.05, 0.1) is 12.0 Å². The van der Waals surface area contributed by atoms with Gasteiger partial charge >= 0.3 is 5.97 Å². The van der Waals surface area contributed by atoms with Gasteiger partial charge in [-0.15, -0.1) is 0 Å². The Kier molecular flexibility index (Phi) is 4.85. The van der Waals surface area contributed by atoms with Crippen LogP contribution in [0.25, 0.3) is 16.4 Å². The molecule has 0 saturated heterocycles. The number of nitrogens with zero attached hydrogens (tertiary/aromatic N) is 3. The molecule has 0 aliphatic heterocycles. The summed E-state index contributed by atoms with van der Waals surface area (Å²) < 4.78 is 35.7. The predicted octanol–water partition coefficient (Wildman–Crippen LogP) is 3.18. The number of pyridine rings is 1. The standard InChI is InChI=1S/C19H14ClN3O5S/c1-27-19(24)16-17(28-10-12-5-3-2-4-6-12)14-8-7-13(29(20,25)26)9-15(14)18-21-11-22-23(16)18/h2-9,11H,10H2,1H3. The number of aromatic nitrogens is 3. The summed E-state index contributed by atoms with van der Waals surface area (Å²) in [5, 5.41) is 4.98. The number of carbonyl (C=O) groups is 1. The van der Waals surface area contributed by atoms with E-state index in [1.165, 1.54) is 36.2 Å². The fraction of sp³-hybridized carbons (Fsp3) is 0.105. The van der Waals surface area contributed by atoms with E-state index >= 15 is 0 Å². The molecule has 29 heavy (non-hydrogen) atoms. The molecule has 0 aliphatic rings. The van der Waals surface area contributed by atoms with Gasteiger partial charge in [0.2, 0.25) is 0 Å². The molecule has 0 atom stereocenters. The third-order valence-electron chi connectivity index (χ3n) is 4.34. The summed E-state index contributed by atoms with van der Waals surface area (Å²) in [5.41, 5.74) is 1.20. The van der Waals surface area contributed by atoms with E-state index in [0.29, 0.717) is 10.8 Å². The van der Waals surface area contributed by atoms with Crippen LogP contribution < -0.4 is 4.74 Å². The number of esters is 1. The van der Waals surface area contributed by atoms with Gasteiger partial charge in [0.25, 0.3) is 9.05 Å². The van der Waals surface area contributed by atoms with Crippen LogP contribution in [0.4, 0.5) is 0 Å². The van der Waals surface area contributed by atoms with E-state index in [4.69, 9.17) is 20.2 Å². The second-order valence-electron chi connectivity index (χ2n) is 6.08. The van der Waals surface area contributed by atoms with Crippen LogP contribution >= 0.6 is 10.7 Å². The number of hydrogen-bond acceptors (Lipinski definition) is 7. The molecular weight excluding hydrogens is 418 g/mol. The minimum absolute atomic E-state index is 0.0462. The van der Waals surface area contributed by atoms with Crippen LogP contribution in [0.15, 0.2) is 59.8 Å². The van der Waals surface area contributed by atoms with Gasteiger partial charge in [0.15, 0.2) is 17.1 Å². The molecule has 4 aromatic rings.